The van der Waals surface area contributed by atoms with Gasteiger partial charge in [-0.2, -0.15) is 4.98 Å². The minimum absolute atomic E-state index is 0.193. The van der Waals surface area contributed by atoms with E-state index in [0.717, 1.165) is 27.4 Å². The molecule has 0 atom stereocenters. The highest BCUT2D eigenvalue weighted by Crippen LogP contribution is 2.29. The van der Waals surface area contributed by atoms with Gasteiger partial charge in [0.05, 0.1) is 37.0 Å². The molecule has 0 amide bonds. The topological polar surface area (TPSA) is 71.2 Å². The van der Waals surface area contributed by atoms with Gasteiger partial charge in [-0.25, -0.2) is 4.79 Å². The van der Waals surface area contributed by atoms with Crippen molar-refractivity contribution in [2.24, 2.45) is 7.05 Å². The van der Waals surface area contributed by atoms with Gasteiger partial charge in [-0.1, -0.05) is 17.6 Å². The second kappa shape index (κ2) is 5.91. The molecule has 0 saturated heterocycles. The van der Waals surface area contributed by atoms with Gasteiger partial charge in [-0.05, 0) is 12.1 Å². The number of nitrogens with zero attached hydrogens (tertiary/aromatic N) is 4. The van der Waals surface area contributed by atoms with Crippen LogP contribution in [0.25, 0.3) is 27.6 Å². The Bertz CT molecular complexity index is 1210. The van der Waals surface area contributed by atoms with Crippen LogP contribution in [0.3, 0.4) is 0 Å². The van der Waals surface area contributed by atoms with E-state index in [0.29, 0.717) is 17.4 Å². The maximum atomic E-state index is 13.0. The number of hydrogen-bond acceptors (Lipinski definition) is 5. The van der Waals surface area contributed by atoms with Crippen LogP contribution in [0.5, 0.6) is 11.8 Å². The molecule has 8 heteroatoms. The van der Waals surface area contributed by atoms with E-state index in [1.165, 1.54) is 14.2 Å². The summed E-state index contributed by atoms with van der Waals surface area (Å²) < 4.78 is 13.8. The molecule has 0 N–H and O–H groups in total. The van der Waals surface area contributed by atoms with Crippen LogP contribution in [0.1, 0.15) is 0 Å². The zero-order valence-corrected chi connectivity index (χ0v) is 15.0. The lowest BCUT2D eigenvalue weighted by atomic mass is 9.94. The van der Waals surface area contributed by atoms with Crippen LogP contribution >= 0.6 is 0 Å². The normalized spacial score (nSPS) is 11.2. The Balaban J connectivity index is 2.18. The fourth-order valence-corrected chi connectivity index (χ4v) is 3.18. The lowest BCUT2D eigenvalue weighted by molar-refractivity contribution is 0.363. The summed E-state index contributed by atoms with van der Waals surface area (Å²) in [6, 6.07) is 9.47. The molecule has 0 saturated carbocycles. The highest BCUT2D eigenvalue weighted by atomic mass is 16.5. The summed E-state index contributed by atoms with van der Waals surface area (Å²) in [5.74, 6) is 0.734. The van der Waals surface area contributed by atoms with E-state index >= 15 is 0 Å². The van der Waals surface area contributed by atoms with Gasteiger partial charge in [0.1, 0.15) is 13.5 Å². The first-order valence-corrected chi connectivity index (χ1v) is 8.11. The lowest BCUT2D eigenvalue weighted by Crippen LogP contribution is -2.21. The molecule has 3 aromatic heterocycles. The number of rotatable bonds is 3. The second-order valence-corrected chi connectivity index (χ2v) is 6.07. The maximum absolute atomic E-state index is 13.0. The molecule has 0 radical (unpaired) electrons. The van der Waals surface area contributed by atoms with Gasteiger partial charge in [-0.3, -0.25) is 14.1 Å². The molecule has 0 fully saturated rings. The zero-order chi connectivity index (χ0) is 18.4. The first-order chi connectivity index (χ1) is 12.5. The average Bonchev–Trinajstić information content (AvgIpc) is 2.92. The molecule has 26 heavy (non-hydrogen) atoms. The number of aromatic nitrogens is 4. The van der Waals surface area contributed by atoms with Crippen LogP contribution in [0.15, 0.2) is 41.3 Å². The van der Waals surface area contributed by atoms with Crippen molar-refractivity contribution in [2.75, 3.05) is 14.2 Å². The predicted octanol–water partition coefficient (Wildman–Crippen LogP) is 0.548. The van der Waals surface area contributed by atoms with Crippen molar-refractivity contribution in [3.8, 4) is 17.4 Å². The van der Waals surface area contributed by atoms with Crippen molar-refractivity contribution < 1.29 is 9.47 Å². The highest BCUT2D eigenvalue weighted by molar-refractivity contribution is 6.33. The largest absolute Gasteiger partial charge is 0.481 e. The summed E-state index contributed by atoms with van der Waals surface area (Å²) in [6.45, 7) is 0. The van der Waals surface area contributed by atoms with Crippen molar-refractivity contribution in [3.05, 3.63) is 47.0 Å². The standard InChI is InChI=1S/C18H17BN4O3/c1-22-14-9-20-12-5-4-10(19)8-11(12)16(14)23(18(22)24)13-6-7-15(25-2)21-17(13)26-3/h4-9H,19H2,1-3H3. The first kappa shape index (κ1) is 16.2. The molecule has 0 aliphatic heterocycles. The van der Waals surface area contributed by atoms with Gasteiger partial charge in [0.25, 0.3) is 0 Å². The number of fused-ring (bicyclic) bond motifs is 3. The summed E-state index contributed by atoms with van der Waals surface area (Å²) in [7, 11) is 6.80. The van der Waals surface area contributed by atoms with Crippen LogP contribution in [0, 0.1) is 0 Å². The van der Waals surface area contributed by atoms with Gasteiger partial charge in [0, 0.05) is 18.5 Å². The van der Waals surface area contributed by atoms with Gasteiger partial charge in [-0.15, -0.1) is 0 Å². The van der Waals surface area contributed by atoms with Crippen LogP contribution in [0.2, 0.25) is 0 Å². The fraction of sp³-hybridized carbons (Fsp3) is 0.167. The number of ether oxygens (including phenoxy) is 2. The van der Waals surface area contributed by atoms with E-state index in [2.05, 4.69) is 9.97 Å². The van der Waals surface area contributed by atoms with Crippen molar-refractivity contribution >= 4 is 35.2 Å². The summed E-state index contributed by atoms with van der Waals surface area (Å²) >= 11 is 0. The number of pyridine rings is 2. The maximum Gasteiger partial charge on any atom is 0.333 e. The van der Waals surface area contributed by atoms with Crippen molar-refractivity contribution in [1.82, 2.24) is 19.1 Å². The Kier molecular flexibility index (Phi) is 3.68. The Hall–Kier alpha value is -3.29. The molecule has 4 rings (SSSR count). The van der Waals surface area contributed by atoms with Crippen molar-refractivity contribution in [2.45, 2.75) is 0 Å². The van der Waals surface area contributed by atoms with Crippen LogP contribution < -0.4 is 20.6 Å². The molecule has 0 spiro atoms. The number of methoxy groups -OCH3 is 2. The monoisotopic (exact) mass is 348 g/mol. The third-order valence-electron chi connectivity index (χ3n) is 4.50. The SMILES string of the molecule is Bc1ccc2ncc3c(c2c1)n(-c1ccc(OC)nc1OC)c(=O)n3C. The Labute approximate surface area is 150 Å². The van der Waals surface area contributed by atoms with E-state index in [4.69, 9.17) is 9.47 Å². The molecule has 0 unspecified atom stereocenters. The Morgan fingerprint density at radius 2 is 1.92 bits per heavy atom. The third kappa shape index (κ3) is 2.26. The highest BCUT2D eigenvalue weighted by Gasteiger charge is 2.19. The predicted molar refractivity (Wildman–Crippen MR) is 103 cm³/mol. The van der Waals surface area contributed by atoms with E-state index in [1.54, 1.807) is 34.5 Å². The van der Waals surface area contributed by atoms with Crippen molar-refractivity contribution in [3.63, 3.8) is 0 Å². The van der Waals surface area contributed by atoms with Gasteiger partial charge < -0.3 is 9.47 Å². The molecular formula is C18H17BN4O3. The van der Waals surface area contributed by atoms with Gasteiger partial charge >= 0.3 is 5.69 Å². The summed E-state index contributed by atoms with van der Waals surface area (Å²) in [5, 5.41) is 0.901. The molecular weight excluding hydrogens is 331 g/mol. The van der Waals surface area contributed by atoms with Gasteiger partial charge in [0.15, 0.2) is 0 Å². The average molecular weight is 348 g/mol. The lowest BCUT2D eigenvalue weighted by Gasteiger charge is -2.11. The third-order valence-corrected chi connectivity index (χ3v) is 4.50. The molecule has 1 aromatic carbocycles. The molecule has 4 aromatic rings. The van der Waals surface area contributed by atoms with E-state index in [-0.39, 0.29) is 5.69 Å². The number of aryl methyl sites for hydroxylation is 1. The van der Waals surface area contributed by atoms with E-state index < -0.39 is 0 Å². The summed E-state index contributed by atoms with van der Waals surface area (Å²) in [4.78, 5) is 21.8. The quantitative estimate of drug-likeness (QED) is 0.506. The van der Waals surface area contributed by atoms with Crippen LogP contribution in [0.4, 0.5) is 0 Å². The molecule has 3 heterocycles. The minimum Gasteiger partial charge on any atom is -0.481 e. The van der Waals surface area contributed by atoms with E-state index in [1.807, 2.05) is 26.0 Å². The molecule has 130 valence electrons. The van der Waals surface area contributed by atoms with Crippen LogP contribution in [-0.4, -0.2) is 41.2 Å². The molecule has 0 aliphatic rings. The summed E-state index contributed by atoms with van der Waals surface area (Å²) in [5.41, 5.74) is 3.79. The molecule has 0 bridgehead atoms. The van der Waals surface area contributed by atoms with Crippen molar-refractivity contribution in [1.29, 1.82) is 0 Å². The fourth-order valence-electron chi connectivity index (χ4n) is 3.18. The molecule has 7 nitrogen and oxygen atoms in total. The van der Waals surface area contributed by atoms with E-state index in [9.17, 15) is 4.79 Å². The first-order valence-electron chi connectivity index (χ1n) is 8.11. The Morgan fingerprint density at radius 3 is 2.65 bits per heavy atom. The zero-order valence-electron chi connectivity index (χ0n) is 15.0. The number of hydrogen-bond donors (Lipinski definition) is 0. The Morgan fingerprint density at radius 1 is 1.12 bits per heavy atom. The van der Waals surface area contributed by atoms with Gasteiger partial charge in [0.2, 0.25) is 11.8 Å². The minimum atomic E-state index is -0.193. The number of imidazole rings is 1. The smallest absolute Gasteiger partial charge is 0.333 e. The number of benzene rings is 1. The second-order valence-electron chi connectivity index (χ2n) is 6.07. The van der Waals surface area contributed by atoms with Crippen LogP contribution in [-0.2, 0) is 7.05 Å². The molecule has 0 aliphatic carbocycles. The summed E-state index contributed by atoms with van der Waals surface area (Å²) in [6.07, 6.45) is 1.72.